The number of aromatic nitrogens is 3. The SMILES string of the molecule is C=C(C)C(F)(F)c1cccc2[nH]c(Cn3cccc(NC(=O)CCC/C=C/C(N)=O)c3=O)nc12.COC(N)=O. The summed E-state index contributed by atoms with van der Waals surface area (Å²) in [5, 5.41) is 2.58. The molecule has 3 rings (SSSR count). The lowest BCUT2D eigenvalue weighted by Crippen LogP contribution is -2.26. The number of para-hydroxylation sites is 1. The van der Waals surface area contributed by atoms with Crippen LogP contribution in [0.5, 0.6) is 0 Å². The summed E-state index contributed by atoms with van der Waals surface area (Å²) in [6.07, 6.45) is 4.71. The van der Waals surface area contributed by atoms with Crippen LogP contribution in [0, 0.1) is 0 Å². The van der Waals surface area contributed by atoms with Gasteiger partial charge in [-0.3, -0.25) is 14.4 Å². The van der Waals surface area contributed by atoms with Crippen molar-refractivity contribution in [2.45, 2.75) is 38.7 Å². The Morgan fingerprint density at radius 1 is 1.23 bits per heavy atom. The Kier molecular flexibility index (Phi) is 10.6. The normalized spacial score (nSPS) is 11.1. The van der Waals surface area contributed by atoms with E-state index in [-0.39, 0.29) is 41.2 Å². The van der Waals surface area contributed by atoms with Crippen LogP contribution in [0.1, 0.15) is 37.6 Å². The third-order valence-corrected chi connectivity index (χ3v) is 5.31. The molecule has 0 bridgehead atoms. The van der Waals surface area contributed by atoms with Crippen molar-refractivity contribution in [3.05, 3.63) is 82.6 Å². The molecule has 3 amide bonds. The number of rotatable bonds is 10. The molecule has 11 nitrogen and oxygen atoms in total. The van der Waals surface area contributed by atoms with Crippen molar-refractivity contribution in [3.63, 3.8) is 0 Å². The molecule has 0 saturated heterocycles. The molecule has 2 heterocycles. The number of aromatic amines is 1. The number of primary amides is 2. The van der Waals surface area contributed by atoms with E-state index in [1.807, 2.05) is 0 Å². The fraction of sp³-hybridized carbons (Fsp3) is 0.269. The predicted octanol–water partition coefficient (Wildman–Crippen LogP) is 3.30. The first-order chi connectivity index (χ1) is 18.4. The van der Waals surface area contributed by atoms with Gasteiger partial charge in [0.2, 0.25) is 11.8 Å². The maximum atomic E-state index is 14.6. The summed E-state index contributed by atoms with van der Waals surface area (Å²) >= 11 is 0. The van der Waals surface area contributed by atoms with Gasteiger partial charge in [-0.1, -0.05) is 24.8 Å². The standard InChI is InChI=1S/C24H25F2N5O3.C2H5NO2/c1-15(2)24(25,26)16-8-6-9-17-22(16)30-20(28-17)14-31-13-7-10-18(23(31)34)29-21(33)12-5-3-4-11-19(27)32;1-5-2(3)4/h4,6-11,13H,1,3,5,12,14H2,2H3,(H2,27,32)(H,28,30)(H,29,33);1H3,(H2,3,4)/b11-4+;. The van der Waals surface area contributed by atoms with Gasteiger partial charge in [-0.25, -0.2) is 9.78 Å². The highest BCUT2D eigenvalue weighted by molar-refractivity contribution is 5.90. The molecule has 0 aliphatic heterocycles. The molecule has 13 heteroatoms. The zero-order valence-electron chi connectivity index (χ0n) is 21.5. The van der Waals surface area contributed by atoms with Gasteiger partial charge < -0.3 is 31.1 Å². The molecule has 6 N–H and O–H groups in total. The fourth-order valence-corrected chi connectivity index (χ4v) is 3.35. The number of nitrogens with two attached hydrogens (primary N) is 2. The van der Waals surface area contributed by atoms with E-state index in [2.05, 4.69) is 32.3 Å². The number of ether oxygens (including phenoxy) is 1. The zero-order chi connectivity index (χ0) is 29.2. The van der Waals surface area contributed by atoms with Crippen LogP contribution < -0.4 is 22.3 Å². The van der Waals surface area contributed by atoms with Gasteiger partial charge in [0.25, 0.3) is 11.5 Å². The Bertz CT molecular complexity index is 1440. The largest absolute Gasteiger partial charge is 0.453 e. The van der Waals surface area contributed by atoms with E-state index in [0.717, 1.165) is 0 Å². The third kappa shape index (κ3) is 8.62. The smallest absolute Gasteiger partial charge is 0.404 e. The minimum Gasteiger partial charge on any atom is -0.453 e. The van der Waals surface area contributed by atoms with Crippen LogP contribution in [0.3, 0.4) is 0 Å². The second kappa shape index (κ2) is 13.7. The van der Waals surface area contributed by atoms with Gasteiger partial charge >= 0.3 is 6.09 Å². The number of allylic oxidation sites excluding steroid dienone is 2. The predicted molar refractivity (Wildman–Crippen MR) is 142 cm³/mol. The van der Waals surface area contributed by atoms with Crippen molar-refractivity contribution >= 4 is 34.6 Å². The summed E-state index contributed by atoms with van der Waals surface area (Å²) < 4.78 is 34.4. The number of methoxy groups -OCH3 is 1. The molecule has 0 saturated carbocycles. The van der Waals surface area contributed by atoms with Crippen molar-refractivity contribution in [2.24, 2.45) is 11.5 Å². The lowest BCUT2D eigenvalue weighted by Gasteiger charge is -2.16. The van der Waals surface area contributed by atoms with Crippen molar-refractivity contribution < 1.29 is 27.9 Å². The number of fused-ring (bicyclic) bond motifs is 1. The molecule has 39 heavy (non-hydrogen) atoms. The van der Waals surface area contributed by atoms with E-state index >= 15 is 0 Å². The average molecular weight is 545 g/mol. The van der Waals surface area contributed by atoms with Gasteiger partial charge in [-0.15, -0.1) is 0 Å². The Morgan fingerprint density at radius 3 is 2.54 bits per heavy atom. The molecule has 3 aromatic rings. The summed E-state index contributed by atoms with van der Waals surface area (Å²) in [7, 11) is 1.22. The van der Waals surface area contributed by atoms with E-state index in [9.17, 15) is 28.0 Å². The number of pyridine rings is 1. The second-order valence-corrected chi connectivity index (χ2v) is 8.36. The van der Waals surface area contributed by atoms with E-state index < -0.39 is 23.5 Å². The number of carbonyl (C=O) groups is 3. The van der Waals surface area contributed by atoms with E-state index in [1.54, 1.807) is 18.2 Å². The number of carbonyl (C=O) groups excluding carboxylic acids is 3. The number of unbranched alkanes of at least 4 members (excludes halogenated alkanes) is 1. The van der Waals surface area contributed by atoms with Gasteiger partial charge in [-0.2, -0.15) is 8.78 Å². The van der Waals surface area contributed by atoms with Crippen LogP contribution in [-0.4, -0.2) is 39.6 Å². The number of H-pyrrole nitrogens is 1. The second-order valence-electron chi connectivity index (χ2n) is 8.36. The molecule has 0 unspecified atom stereocenters. The van der Waals surface area contributed by atoms with Gasteiger partial charge in [0.05, 0.1) is 30.3 Å². The van der Waals surface area contributed by atoms with Crippen LogP contribution in [0.25, 0.3) is 11.0 Å². The average Bonchev–Trinajstić information content (AvgIpc) is 3.28. The first kappa shape index (κ1) is 30.4. The minimum atomic E-state index is -3.25. The van der Waals surface area contributed by atoms with E-state index in [0.29, 0.717) is 24.2 Å². The number of alkyl halides is 2. The number of halogens is 2. The lowest BCUT2D eigenvalue weighted by atomic mass is 10.0. The van der Waals surface area contributed by atoms with Crippen molar-refractivity contribution in [3.8, 4) is 0 Å². The van der Waals surface area contributed by atoms with Gasteiger partial charge in [0, 0.05) is 12.6 Å². The molecule has 0 fully saturated rings. The first-order valence-electron chi connectivity index (χ1n) is 11.7. The lowest BCUT2D eigenvalue weighted by molar-refractivity contribution is -0.116. The Balaban J connectivity index is 0.000000976. The van der Waals surface area contributed by atoms with Crippen LogP contribution in [0.15, 0.2) is 65.6 Å². The number of imidazole rings is 1. The number of anilines is 1. The van der Waals surface area contributed by atoms with E-state index in [4.69, 9.17) is 5.73 Å². The molecule has 0 radical (unpaired) electrons. The molecule has 0 atom stereocenters. The highest BCUT2D eigenvalue weighted by atomic mass is 19.3. The summed E-state index contributed by atoms with van der Waals surface area (Å²) in [5.41, 5.74) is 9.01. The Hall–Kier alpha value is -4.81. The maximum absolute atomic E-state index is 14.6. The topological polar surface area (TPSA) is 175 Å². The van der Waals surface area contributed by atoms with Crippen molar-refractivity contribution in [1.29, 1.82) is 0 Å². The fourth-order valence-electron chi connectivity index (χ4n) is 3.35. The van der Waals surface area contributed by atoms with Crippen LogP contribution in [0.2, 0.25) is 0 Å². The maximum Gasteiger partial charge on any atom is 0.404 e. The molecule has 0 aliphatic carbocycles. The molecular formula is C26H30F2N6O5. The molecule has 208 valence electrons. The zero-order valence-corrected chi connectivity index (χ0v) is 21.5. The molecule has 2 aromatic heterocycles. The number of hydrogen-bond acceptors (Lipinski definition) is 6. The summed E-state index contributed by atoms with van der Waals surface area (Å²) in [6, 6.07) is 7.50. The van der Waals surface area contributed by atoms with Crippen molar-refractivity contribution in [1.82, 2.24) is 14.5 Å². The number of nitrogens with zero attached hydrogens (tertiary/aromatic N) is 2. The summed E-state index contributed by atoms with van der Waals surface area (Å²) in [5.74, 6) is -3.84. The highest BCUT2D eigenvalue weighted by Crippen LogP contribution is 2.37. The van der Waals surface area contributed by atoms with Gasteiger partial charge in [0.1, 0.15) is 11.5 Å². The van der Waals surface area contributed by atoms with Gasteiger partial charge in [-0.05, 0) is 49.6 Å². The molecule has 0 spiro atoms. The van der Waals surface area contributed by atoms with E-state index in [1.165, 1.54) is 49.1 Å². The number of hydrogen-bond donors (Lipinski definition) is 4. The molecule has 0 aliphatic rings. The number of amides is 3. The Labute approximate surface area is 222 Å². The number of benzene rings is 1. The highest BCUT2D eigenvalue weighted by Gasteiger charge is 2.35. The third-order valence-electron chi connectivity index (χ3n) is 5.31. The Morgan fingerprint density at radius 2 is 1.92 bits per heavy atom. The summed E-state index contributed by atoms with van der Waals surface area (Å²) in [6.45, 7) is 4.62. The first-order valence-corrected chi connectivity index (χ1v) is 11.7. The van der Waals surface area contributed by atoms with Crippen LogP contribution >= 0.6 is 0 Å². The minimum absolute atomic E-state index is 0.00673. The summed E-state index contributed by atoms with van der Waals surface area (Å²) in [4.78, 5) is 52.3. The molecular weight excluding hydrogens is 514 g/mol. The van der Waals surface area contributed by atoms with Crippen LogP contribution in [0.4, 0.5) is 19.3 Å². The quantitative estimate of drug-likeness (QED) is 0.173. The van der Waals surface area contributed by atoms with Crippen molar-refractivity contribution in [2.75, 3.05) is 12.4 Å². The van der Waals surface area contributed by atoms with Crippen LogP contribution in [-0.2, 0) is 26.8 Å². The monoisotopic (exact) mass is 544 g/mol. The van der Waals surface area contributed by atoms with Gasteiger partial charge in [0.15, 0.2) is 0 Å². The number of nitrogens with one attached hydrogen (secondary N) is 2. The molecule has 1 aromatic carbocycles.